The molecule has 134 valence electrons. The predicted molar refractivity (Wildman–Crippen MR) is 105 cm³/mol. The SMILES string of the molecule is Nc1ncnc2c1c(-c1cc(O)cc(Cl)c1)nn2C1Cc2ccccc2C1. The van der Waals surface area contributed by atoms with Crippen molar-refractivity contribution < 1.29 is 5.11 Å². The number of benzene rings is 2. The van der Waals surface area contributed by atoms with Gasteiger partial charge in [-0.3, -0.25) is 0 Å². The molecule has 6 nitrogen and oxygen atoms in total. The molecule has 0 atom stereocenters. The zero-order chi connectivity index (χ0) is 18.5. The summed E-state index contributed by atoms with van der Waals surface area (Å²) in [5, 5.41) is 15.9. The first-order valence-electron chi connectivity index (χ1n) is 8.65. The number of phenolic OH excluding ortho intramolecular Hbond substituents is 1. The average molecular weight is 378 g/mol. The fourth-order valence-electron chi connectivity index (χ4n) is 3.87. The highest BCUT2D eigenvalue weighted by atomic mass is 35.5. The normalized spacial score (nSPS) is 14.0. The summed E-state index contributed by atoms with van der Waals surface area (Å²) in [6.45, 7) is 0. The summed E-state index contributed by atoms with van der Waals surface area (Å²) in [6, 6.07) is 13.4. The van der Waals surface area contributed by atoms with Gasteiger partial charge in [-0.05, 0) is 42.2 Å². The summed E-state index contributed by atoms with van der Waals surface area (Å²) in [7, 11) is 0. The minimum absolute atomic E-state index is 0.0730. The Balaban J connectivity index is 1.70. The van der Waals surface area contributed by atoms with E-state index < -0.39 is 0 Å². The van der Waals surface area contributed by atoms with Gasteiger partial charge in [-0.2, -0.15) is 5.10 Å². The standard InChI is InChI=1S/C20H16ClN5O/c21-14-5-13(8-16(27)9-14)18-17-19(22)23-10-24-20(17)26(25-18)15-6-11-3-1-2-4-12(11)7-15/h1-5,8-10,15,27H,6-7H2,(H2,22,23,24). The molecule has 2 aromatic heterocycles. The highest BCUT2D eigenvalue weighted by molar-refractivity contribution is 6.31. The first kappa shape index (κ1) is 16.1. The maximum Gasteiger partial charge on any atom is 0.164 e. The molecule has 5 rings (SSSR count). The van der Waals surface area contributed by atoms with Crippen LogP contribution in [0.15, 0.2) is 48.8 Å². The Morgan fingerprint density at radius 3 is 2.52 bits per heavy atom. The second kappa shape index (κ2) is 5.96. The van der Waals surface area contributed by atoms with Gasteiger partial charge in [0.15, 0.2) is 5.65 Å². The monoisotopic (exact) mass is 377 g/mol. The number of phenols is 1. The van der Waals surface area contributed by atoms with Crippen LogP contribution in [-0.2, 0) is 12.8 Å². The van der Waals surface area contributed by atoms with Crippen LogP contribution in [0.3, 0.4) is 0 Å². The van der Waals surface area contributed by atoms with E-state index in [9.17, 15) is 5.11 Å². The molecule has 0 radical (unpaired) electrons. The lowest BCUT2D eigenvalue weighted by molar-refractivity contribution is 0.475. The molecule has 2 aromatic carbocycles. The lowest BCUT2D eigenvalue weighted by Crippen LogP contribution is -2.11. The first-order chi connectivity index (χ1) is 13.1. The van der Waals surface area contributed by atoms with Crippen LogP contribution in [0.2, 0.25) is 5.02 Å². The van der Waals surface area contributed by atoms with Crippen molar-refractivity contribution in [1.82, 2.24) is 19.7 Å². The molecule has 0 fully saturated rings. The number of rotatable bonds is 2. The Labute approximate surface area is 160 Å². The molecular weight excluding hydrogens is 362 g/mol. The van der Waals surface area contributed by atoms with E-state index in [2.05, 4.69) is 34.2 Å². The van der Waals surface area contributed by atoms with Crippen molar-refractivity contribution in [3.63, 3.8) is 0 Å². The van der Waals surface area contributed by atoms with Crippen molar-refractivity contribution in [3.8, 4) is 17.0 Å². The van der Waals surface area contributed by atoms with Crippen LogP contribution >= 0.6 is 11.6 Å². The summed E-state index contributed by atoms with van der Waals surface area (Å²) in [4.78, 5) is 8.59. The van der Waals surface area contributed by atoms with E-state index in [0.29, 0.717) is 33.1 Å². The van der Waals surface area contributed by atoms with Crippen LogP contribution in [0.5, 0.6) is 5.75 Å². The van der Waals surface area contributed by atoms with Crippen LogP contribution in [0.1, 0.15) is 17.2 Å². The minimum atomic E-state index is 0.0730. The lowest BCUT2D eigenvalue weighted by atomic mass is 10.1. The summed E-state index contributed by atoms with van der Waals surface area (Å²) in [6.07, 6.45) is 3.23. The van der Waals surface area contributed by atoms with Crippen LogP contribution in [0, 0.1) is 0 Å². The minimum Gasteiger partial charge on any atom is -0.508 e. The molecule has 4 aromatic rings. The number of nitrogens with two attached hydrogens (primary N) is 1. The van der Waals surface area contributed by atoms with Gasteiger partial charge >= 0.3 is 0 Å². The highest BCUT2D eigenvalue weighted by Crippen LogP contribution is 2.37. The molecule has 27 heavy (non-hydrogen) atoms. The van der Waals surface area contributed by atoms with Gasteiger partial charge in [0.1, 0.15) is 23.6 Å². The van der Waals surface area contributed by atoms with Gasteiger partial charge in [-0.25, -0.2) is 14.6 Å². The van der Waals surface area contributed by atoms with Gasteiger partial charge in [0.2, 0.25) is 0 Å². The van der Waals surface area contributed by atoms with Crippen LogP contribution in [0.4, 0.5) is 5.82 Å². The predicted octanol–water partition coefficient (Wildman–Crippen LogP) is 3.77. The van der Waals surface area contributed by atoms with E-state index in [1.165, 1.54) is 23.5 Å². The Kier molecular flexibility index (Phi) is 3.55. The molecule has 0 aliphatic heterocycles. The molecule has 2 heterocycles. The Hall–Kier alpha value is -3.12. The van der Waals surface area contributed by atoms with E-state index in [1.54, 1.807) is 12.1 Å². The van der Waals surface area contributed by atoms with Crippen molar-refractivity contribution in [2.75, 3.05) is 5.73 Å². The molecule has 0 saturated heterocycles. The van der Waals surface area contributed by atoms with Crippen molar-refractivity contribution in [3.05, 3.63) is 64.9 Å². The van der Waals surface area contributed by atoms with Crippen molar-refractivity contribution in [1.29, 1.82) is 0 Å². The zero-order valence-electron chi connectivity index (χ0n) is 14.3. The van der Waals surface area contributed by atoms with Crippen molar-refractivity contribution in [2.24, 2.45) is 0 Å². The van der Waals surface area contributed by atoms with Crippen LogP contribution in [-0.4, -0.2) is 24.9 Å². The summed E-state index contributed by atoms with van der Waals surface area (Å²) in [5.74, 6) is 0.431. The molecule has 1 aliphatic carbocycles. The van der Waals surface area contributed by atoms with E-state index in [-0.39, 0.29) is 11.8 Å². The van der Waals surface area contributed by atoms with Gasteiger partial charge < -0.3 is 10.8 Å². The van der Waals surface area contributed by atoms with Gasteiger partial charge in [-0.15, -0.1) is 0 Å². The third-order valence-electron chi connectivity index (χ3n) is 5.05. The van der Waals surface area contributed by atoms with Crippen LogP contribution in [0.25, 0.3) is 22.3 Å². The van der Waals surface area contributed by atoms with Crippen molar-refractivity contribution >= 4 is 28.5 Å². The highest BCUT2D eigenvalue weighted by Gasteiger charge is 2.27. The number of nitrogens with zero attached hydrogens (tertiary/aromatic N) is 4. The van der Waals surface area contributed by atoms with E-state index in [1.807, 2.05) is 4.68 Å². The number of halogens is 1. The topological polar surface area (TPSA) is 89.8 Å². The molecule has 0 bridgehead atoms. The maximum atomic E-state index is 9.95. The molecular formula is C20H16ClN5O. The number of hydrogen-bond donors (Lipinski definition) is 2. The van der Waals surface area contributed by atoms with Gasteiger partial charge in [0.25, 0.3) is 0 Å². The second-order valence-corrected chi connectivity index (χ2v) is 7.22. The third-order valence-corrected chi connectivity index (χ3v) is 5.27. The molecule has 0 spiro atoms. The largest absolute Gasteiger partial charge is 0.508 e. The first-order valence-corrected chi connectivity index (χ1v) is 9.03. The molecule has 0 unspecified atom stereocenters. The number of nitrogen functional groups attached to an aromatic ring is 1. The number of aromatic hydroxyl groups is 1. The van der Waals surface area contributed by atoms with E-state index in [4.69, 9.17) is 22.4 Å². The van der Waals surface area contributed by atoms with E-state index >= 15 is 0 Å². The average Bonchev–Trinajstić information content (AvgIpc) is 3.23. The summed E-state index contributed by atoms with van der Waals surface area (Å²) < 4.78 is 1.93. The maximum absolute atomic E-state index is 9.95. The quantitative estimate of drug-likeness (QED) is 0.555. The van der Waals surface area contributed by atoms with Crippen molar-refractivity contribution in [2.45, 2.75) is 18.9 Å². The van der Waals surface area contributed by atoms with Gasteiger partial charge in [-0.1, -0.05) is 35.9 Å². The lowest BCUT2D eigenvalue weighted by Gasteiger charge is -2.10. The summed E-state index contributed by atoms with van der Waals surface area (Å²) >= 11 is 6.13. The van der Waals surface area contributed by atoms with Gasteiger partial charge in [0, 0.05) is 10.6 Å². The molecule has 3 N–H and O–H groups in total. The summed E-state index contributed by atoms with van der Waals surface area (Å²) in [5.41, 5.74) is 10.8. The second-order valence-electron chi connectivity index (χ2n) is 6.78. The number of aromatic nitrogens is 4. The zero-order valence-corrected chi connectivity index (χ0v) is 15.1. The van der Waals surface area contributed by atoms with Crippen LogP contribution < -0.4 is 5.73 Å². The number of fused-ring (bicyclic) bond motifs is 2. The molecule has 1 aliphatic rings. The smallest absolute Gasteiger partial charge is 0.164 e. The number of anilines is 1. The molecule has 7 heteroatoms. The Morgan fingerprint density at radius 2 is 1.81 bits per heavy atom. The molecule has 0 amide bonds. The molecule has 0 saturated carbocycles. The van der Waals surface area contributed by atoms with E-state index in [0.717, 1.165) is 12.8 Å². The van der Waals surface area contributed by atoms with Gasteiger partial charge in [0.05, 0.1) is 11.4 Å². The fraction of sp³-hybridized carbons (Fsp3) is 0.150. The Bertz CT molecular complexity index is 1140. The number of hydrogen-bond acceptors (Lipinski definition) is 5. The fourth-order valence-corrected chi connectivity index (χ4v) is 4.10. The third kappa shape index (κ3) is 2.61. The Morgan fingerprint density at radius 1 is 1.07 bits per heavy atom.